The molecule has 1 amide bonds. The van der Waals surface area contributed by atoms with Crippen molar-refractivity contribution in [3.63, 3.8) is 0 Å². The van der Waals surface area contributed by atoms with E-state index in [9.17, 15) is 9.59 Å². The Morgan fingerprint density at radius 2 is 1.44 bits per heavy atom. The fourth-order valence-electron chi connectivity index (χ4n) is 5.36. The monoisotopic (exact) mass is 521 g/mol. The Morgan fingerprint density at radius 1 is 0.795 bits per heavy atom. The minimum Gasteiger partial charge on any atom is -0.493 e. The Labute approximate surface area is 226 Å². The number of alkyl carbamates (subject to hydrolysis) is 1. The van der Waals surface area contributed by atoms with E-state index in [-0.39, 0.29) is 25.6 Å². The summed E-state index contributed by atoms with van der Waals surface area (Å²) in [7, 11) is 0. The number of aliphatic carboxylic acids is 1. The van der Waals surface area contributed by atoms with Crippen LogP contribution in [0.1, 0.15) is 47.1 Å². The Morgan fingerprint density at radius 3 is 2.15 bits per heavy atom. The average molecular weight is 522 g/mol. The van der Waals surface area contributed by atoms with Crippen LogP contribution < -0.4 is 14.8 Å². The van der Waals surface area contributed by atoms with Crippen molar-refractivity contribution in [2.75, 3.05) is 13.2 Å². The van der Waals surface area contributed by atoms with Gasteiger partial charge in [0.05, 0.1) is 12.6 Å². The number of fused-ring (bicyclic) bond motifs is 5. The summed E-state index contributed by atoms with van der Waals surface area (Å²) in [4.78, 5) is 23.9. The summed E-state index contributed by atoms with van der Waals surface area (Å²) in [5.74, 6) is 0.883. The highest BCUT2D eigenvalue weighted by Crippen LogP contribution is 2.46. The number of carbonyl (C=O) groups is 2. The molecule has 0 saturated heterocycles. The van der Waals surface area contributed by atoms with E-state index in [4.69, 9.17) is 19.3 Å². The molecule has 0 spiro atoms. The zero-order valence-corrected chi connectivity index (χ0v) is 21.1. The zero-order valence-electron chi connectivity index (χ0n) is 21.1. The molecule has 1 aliphatic heterocycles. The third-order valence-corrected chi connectivity index (χ3v) is 7.16. The number of hydrogen-bond donors (Lipinski definition) is 2. The highest BCUT2D eigenvalue weighted by atomic mass is 16.5. The largest absolute Gasteiger partial charge is 0.493 e. The molecular weight excluding hydrogens is 494 g/mol. The highest BCUT2D eigenvalue weighted by Gasteiger charge is 2.32. The lowest BCUT2D eigenvalue weighted by Crippen LogP contribution is -2.32. The van der Waals surface area contributed by atoms with Gasteiger partial charge in [0.2, 0.25) is 0 Å². The molecule has 1 unspecified atom stereocenters. The maximum atomic E-state index is 13.2. The first-order chi connectivity index (χ1) is 19.1. The van der Waals surface area contributed by atoms with Gasteiger partial charge in [0.1, 0.15) is 23.9 Å². The van der Waals surface area contributed by atoms with Crippen LogP contribution in [0.5, 0.6) is 17.2 Å². The molecule has 1 atom stereocenters. The van der Waals surface area contributed by atoms with Crippen LogP contribution in [0.4, 0.5) is 4.79 Å². The normalized spacial score (nSPS) is 14.7. The fraction of sp³-hybridized carbons (Fsp3) is 0.188. The summed E-state index contributed by atoms with van der Waals surface area (Å²) >= 11 is 0. The van der Waals surface area contributed by atoms with E-state index in [2.05, 4.69) is 29.6 Å². The van der Waals surface area contributed by atoms with Gasteiger partial charge in [-0.2, -0.15) is 0 Å². The predicted octanol–water partition coefficient (Wildman–Crippen LogP) is 6.66. The number of para-hydroxylation sites is 1. The summed E-state index contributed by atoms with van der Waals surface area (Å²) < 4.78 is 17.7. The fourth-order valence-corrected chi connectivity index (χ4v) is 5.36. The molecule has 1 aliphatic carbocycles. The van der Waals surface area contributed by atoms with Gasteiger partial charge in [-0.1, -0.05) is 66.7 Å². The summed E-state index contributed by atoms with van der Waals surface area (Å²) in [5, 5.41) is 11.9. The molecule has 0 radical (unpaired) electrons. The van der Waals surface area contributed by atoms with E-state index in [0.29, 0.717) is 23.7 Å². The molecule has 0 fully saturated rings. The van der Waals surface area contributed by atoms with Gasteiger partial charge in [0, 0.05) is 29.5 Å². The van der Waals surface area contributed by atoms with Crippen molar-refractivity contribution in [3.8, 4) is 28.4 Å². The van der Waals surface area contributed by atoms with Crippen LogP contribution in [-0.4, -0.2) is 30.4 Å². The van der Waals surface area contributed by atoms with Crippen LogP contribution in [0.2, 0.25) is 0 Å². The summed E-state index contributed by atoms with van der Waals surface area (Å²) in [6.07, 6.45) is -0.0678. The summed E-state index contributed by atoms with van der Waals surface area (Å²) in [6, 6.07) is 29.0. The first kappa shape index (κ1) is 24.6. The molecule has 4 aromatic carbocycles. The number of amides is 1. The van der Waals surface area contributed by atoms with Crippen LogP contribution in [0.3, 0.4) is 0 Å². The molecule has 0 aromatic heterocycles. The Hall–Kier alpha value is -4.78. The van der Waals surface area contributed by atoms with E-state index in [1.807, 2.05) is 54.6 Å². The number of ether oxygens (including phenoxy) is 3. The lowest BCUT2D eigenvalue weighted by Gasteiger charge is -2.29. The van der Waals surface area contributed by atoms with Gasteiger partial charge in [-0.3, -0.25) is 4.79 Å². The number of benzene rings is 4. The number of rotatable bonds is 8. The van der Waals surface area contributed by atoms with E-state index in [1.54, 1.807) is 12.1 Å². The molecule has 7 nitrogen and oxygen atoms in total. The minimum atomic E-state index is -0.855. The van der Waals surface area contributed by atoms with Crippen LogP contribution in [0.25, 0.3) is 11.1 Å². The highest BCUT2D eigenvalue weighted by molar-refractivity contribution is 5.79. The second-order valence-corrected chi connectivity index (χ2v) is 9.59. The third-order valence-electron chi connectivity index (χ3n) is 7.16. The quantitative estimate of drug-likeness (QED) is 0.252. The van der Waals surface area contributed by atoms with Gasteiger partial charge >= 0.3 is 12.1 Å². The predicted molar refractivity (Wildman–Crippen MR) is 145 cm³/mol. The van der Waals surface area contributed by atoms with Crippen LogP contribution in [0.15, 0.2) is 91.0 Å². The number of hydrogen-bond acceptors (Lipinski definition) is 5. The van der Waals surface area contributed by atoms with Crippen molar-refractivity contribution in [2.45, 2.75) is 24.8 Å². The van der Waals surface area contributed by atoms with Gasteiger partial charge in [-0.15, -0.1) is 0 Å². The van der Waals surface area contributed by atoms with Gasteiger partial charge in [-0.05, 0) is 46.9 Å². The summed E-state index contributed by atoms with van der Waals surface area (Å²) in [6.45, 7) is 0.504. The number of carboxylic acid groups (broad SMARTS) is 1. The van der Waals surface area contributed by atoms with Crippen LogP contribution in [-0.2, 0) is 9.53 Å². The Balaban J connectivity index is 1.18. The molecule has 2 N–H and O–H groups in total. The van der Waals surface area contributed by atoms with Gasteiger partial charge in [0.15, 0.2) is 0 Å². The van der Waals surface area contributed by atoms with Crippen molar-refractivity contribution in [2.24, 2.45) is 0 Å². The first-order valence-corrected chi connectivity index (χ1v) is 13.0. The van der Waals surface area contributed by atoms with E-state index in [1.165, 1.54) is 11.1 Å². The van der Waals surface area contributed by atoms with Gasteiger partial charge < -0.3 is 24.6 Å². The molecule has 39 heavy (non-hydrogen) atoms. The molecule has 0 saturated carbocycles. The molecule has 2 aliphatic rings. The minimum absolute atomic E-state index is 0.0294. The maximum Gasteiger partial charge on any atom is 0.407 e. The van der Waals surface area contributed by atoms with Crippen molar-refractivity contribution in [1.29, 1.82) is 0 Å². The summed E-state index contributed by atoms with van der Waals surface area (Å²) in [5.41, 5.74) is 6.27. The van der Waals surface area contributed by atoms with Gasteiger partial charge in [-0.25, -0.2) is 4.79 Å². The molecule has 0 bridgehead atoms. The van der Waals surface area contributed by atoms with Crippen molar-refractivity contribution < 1.29 is 28.9 Å². The molecular formula is C32H27NO6. The van der Waals surface area contributed by atoms with Crippen molar-refractivity contribution in [3.05, 3.63) is 113 Å². The second-order valence-electron chi connectivity index (χ2n) is 9.59. The lowest BCUT2D eigenvalue weighted by molar-refractivity contribution is -0.137. The molecule has 7 heteroatoms. The SMILES string of the molecule is O=C(O)CCCOc1ccc2c(c1)Oc1ccccc1C2NC(=O)OCC1c2ccccc2-c2ccccc21. The van der Waals surface area contributed by atoms with Crippen molar-refractivity contribution >= 4 is 12.1 Å². The second kappa shape index (κ2) is 10.5. The third kappa shape index (κ3) is 4.91. The Bertz CT molecular complexity index is 1500. The molecule has 6 rings (SSSR count). The Kier molecular flexibility index (Phi) is 6.63. The lowest BCUT2D eigenvalue weighted by atomic mass is 9.94. The average Bonchev–Trinajstić information content (AvgIpc) is 3.27. The molecule has 196 valence electrons. The van der Waals surface area contributed by atoms with Crippen molar-refractivity contribution in [1.82, 2.24) is 5.32 Å². The van der Waals surface area contributed by atoms with E-state index < -0.39 is 18.1 Å². The van der Waals surface area contributed by atoms with Gasteiger partial charge in [0.25, 0.3) is 0 Å². The maximum absolute atomic E-state index is 13.2. The topological polar surface area (TPSA) is 94.1 Å². The van der Waals surface area contributed by atoms with E-state index >= 15 is 0 Å². The molecule has 1 heterocycles. The number of nitrogens with one attached hydrogen (secondary N) is 1. The molecule has 4 aromatic rings. The number of carboxylic acids is 1. The first-order valence-electron chi connectivity index (χ1n) is 13.0. The number of carbonyl (C=O) groups excluding carboxylic acids is 1. The standard InChI is InChI=1S/C32H27NO6/c34-30(35)14-7-17-37-20-15-16-26-29(18-20)39-28-13-6-5-12-25(28)31(26)33-32(36)38-19-27-23-10-3-1-8-21(23)22-9-2-4-11-24(22)27/h1-6,8-13,15-16,18,27,31H,7,14,17,19H2,(H,33,36)(H,34,35). The van der Waals surface area contributed by atoms with E-state index in [0.717, 1.165) is 22.3 Å². The zero-order chi connectivity index (χ0) is 26.8. The van der Waals surface area contributed by atoms with Crippen LogP contribution >= 0.6 is 0 Å². The smallest absolute Gasteiger partial charge is 0.407 e. The van der Waals surface area contributed by atoms with Crippen LogP contribution in [0, 0.1) is 0 Å².